The predicted molar refractivity (Wildman–Crippen MR) is 95.9 cm³/mol. The van der Waals surface area contributed by atoms with Crippen LogP contribution in [0, 0.1) is 0 Å². The molecule has 2 aromatic rings. The maximum Gasteiger partial charge on any atom is 0.231 e. The van der Waals surface area contributed by atoms with Gasteiger partial charge >= 0.3 is 0 Å². The Labute approximate surface area is 149 Å². The van der Waals surface area contributed by atoms with Gasteiger partial charge in [0.1, 0.15) is 13.2 Å². The van der Waals surface area contributed by atoms with Crippen molar-refractivity contribution in [3.63, 3.8) is 0 Å². The molecule has 124 valence electrons. The minimum Gasteiger partial charge on any atom is -0.486 e. The van der Waals surface area contributed by atoms with Crippen molar-refractivity contribution >= 4 is 27.5 Å². The van der Waals surface area contributed by atoms with Gasteiger partial charge in [-0.2, -0.15) is 0 Å². The number of aryl methyl sites for hydroxylation is 1. The monoisotopic (exact) mass is 387 g/mol. The fourth-order valence-electron chi connectivity index (χ4n) is 3.41. The molecule has 0 bridgehead atoms. The van der Waals surface area contributed by atoms with E-state index < -0.39 is 0 Å². The summed E-state index contributed by atoms with van der Waals surface area (Å²) in [6, 6.07) is 11.9. The van der Waals surface area contributed by atoms with Gasteiger partial charge in [-0.25, -0.2) is 0 Å². The molecule has 2 aliphatic rings. The van der Waals surface area contributed by atoms with E-state index in [2.05, 4.69) is 33.4 Å². The molecule has 0 saturated carbocycles. The van der Waals surface area contributed by atoms with E-state index >= 15 is 0 Å². The minimum atomic E-state index is -0.102. The van der Waals surface area contributed by atoms with Crippen LogP contribution in [-0.2, 0) is 11.2 Å². The highest BCUT2D eigenvalue weighted by molar-refractivity contribution is 9.10. The van der Waals surface area contributed by atoms with Crippen molar-refractivity contribution in [3.8, 4) is 11.5 Å². The number of rotatable bonds is 2. The Hall–Kier alpha value is -2.01. The van der Waals surface area contributed by atoms with Crippen LogP contribution in [0.3, 0.4) is 0 Å². The zero-order valence-corrected chi connectivity index (χ0v) is 14.8. The van der Waals surface area contributed by atoms with Crippen LogP contribution in [0.15, 0.2) is 40.9 Å². The lowest BCUT2D eigenvalue weighted by atomic mass is 9.82. The molecular weight excluding hydrogens is 370 g/mol. The standard InChI is InChI=1S/C19H18BrNO3/c20-15-10-17-18(24-9-8-23-17)11-16(15)21-19(22)14-7-3-5-12-4-1-2-6-13(12)14/h1-2,4,6,10-11,14H,3,5,7-9H2,(H,21,22). The Morgan fingerprint density at radius 3 is 2.71 bits per heavy atom. The third-order valence-electron chi connectivity index (χ3n) is 4.58. The van der Waals surface area contributed by atoms with Crippen LogP contribution in [0.5, 0.6) is 11.5 Å². The first-order valence-corrected chi connectivity index (χ1v) is 8.99. The largest absolute Gasteiger partial charge is 0.486 e. The van der Waals surface area contributed by atoms with Gasteiger partial charge in [0, 0.05) is 16.6 Å². The van der Waals surface area contributed by atoms with Crippen molar-refractivity contribution in [1.82, 2.24) is 0 Å². The lowest BCUT2D eigenvalue weighted by molar-refractivity contribution is -0.117. The van der Waals surface area contributed by atoms with Crippen LogP contribution in [0.2, 0.25) is 0 Å². The molecule has 1 heterocycles. The fraction of sp³-hybridized carbons (Fsp3) is 0.316. The Bertz CT molecular complexity index is 790. The van der Waals surface area contributed by atoms with Gasteiger partial charge in [0.2, 0.25) is 5.91 Å². The normalized spacial score (nSPS) is 18.6. The molecule has 0 aromatic heterocycles. The van der Waals surface area contributed by atoms with Crippen molar-refractivity contribution in [1.29, 1.82) is 0 Å². The lowest BCUT2D eigenvalue weighted by Gasteiger charge is -2.25. The number of ether oxygens (including phenoxy) is 2. The Morgan fingerprint density at radius 1 is 1.12 bits per heavy atom. The summed E-state index contributed by atoms with van der Waals surface area (Å²) in [6.07, 6.45) is 2.97. The molecule has 4 rings (SSSR count). The fourth-order valence-corrected chi connectivity index (χ4v) is 3.83. The second kappa shape index (κ2) is 6.48. The first-order valence-electron chi connectivity index (χ1n) is 8.20. The van der Waals surface area contributed by atoms with Gasteiger partial charge in [0.15, 0.2) is 11.5 Å². The van der Waals surface area contributed by atoms with Crippen LogP contribution in [0.25, 0.3) is 0 Å². The molecule has 24 heavy (non-hydrogen) atoms. The van der Waals surface area contributed by atoms with Crippen LogP contribution in [-0.4, -0.2) is 19.1 Å². The topological polar surface area (TPSA) is 47.6 Å². The highest BCUT2D eigenvalue weighted by atomic mass is 79.9. The number of benzene rings is 2. The number of anilines is 1. The summed E-state index contributed by atoms with van der Waals surface area (Å²) >= 11 is 3.51. The number of hydrogen-bond acceptors (Lipinski definition) is 3. The molecule has 0 saturated heterocycles. The number of carbonyl (C=O) groups is 1. The van der Waals surface area contributed by atoms with E-state index in [1.54, 1.807) is 0 Å². The summed E-state index contributed by atoms with van der Waals surface area (Å²) in [5.41, 5.74) is 3.15. The number of carbonyl (C=O) groups excluding carboxylic acids is 1. The van der Waals surface area contributed by atoms with Crippen LogP contribution < -0.4 is 14.8 Å². The SMILES string of the molecule is O=C(Nc1cc2c(cc1Br)OCCO2)C1CCCc2ccccc21. The van der Waals surface area contributed by atoms with E-state index in [9.17, 15) is 4.79 Å². The molecule has 1 N–H and O–H groups in total. The summed E-state index contributed by atoms with van der Waals surface area (Å²) in [7, 11) is 0. The minimum absolute atomic E-state index is 0.0273. The maximum atomic E-state index is 12.8. The second-order valence-electron chi connectivity index (χ2n) is 6.11. The van der Waals surface area contributed by atoms with Gasteiger partial charge in [-0.15, -0.1) is 0 Å². The average molecular weight is 388 g/mol. The molecule has 1 unspecified atom stereocenters. The summed E-state index contributed by atoms with van der Waals surface area (Å²) in [4.78, 5) is 12.8. The van der Waals surface area contributed by atoms with E-state index in [-0.39, 0.29) is 11.8 Å². The number of nitrogens with one attached hydrogen (secondary N) is 1. The first-order chi connectivity index (χ1) is 11.7. The molecule has 1 aliphatic carbocycles. The van der Waals surface area contributed by atoms with Crippen molar-refractivity contribution in [2.45, 2.75) is 25.2 Å². The van der Waals surface area contributed by atoms with Crippen molar-refractivity contribution in [2.75, 3.05) is 18.5 Å². The van der Waals surface area contributed by atoms with E-state index in [1.165, 1.54) is 5.56 Å². The van der Waals surface area contributed by atoms with Crippen molar-refractivity contribution < 1.29 is 14.3 Å². The zero-order chi connectivity index (χ0) is 16.5. The van der Waals surface area contributed by atoms with E-state index in [0.29, 0.717) is 30.4 Å². The van der Waals surface area contributed by atoms with Crippen LogP contribution in [0.4, 0.5) is 5.69 Å². The van der Waals surface area contributed by atoms with Gasteiger partial charge in [-0.1, -0.05) is 24.3 Å². The van der Waals surface area contributed by atoms with Crippen LogP contribution in [0.1, 0.15) is 29.9 Å². The molecule has 0 radical (unpaired) electrons. The van der Waals surface area contributed by atoms with Gasteiger partial charge < -0.3 is 14.8 Å². The maximum absolute atomic E-state index is 12.8. The molecule has 0 spiro atoms. The number of halogens is 1. The predicted octanol–water partition coefficient (Wildman–Crippen LogP) is 4.28. The van der Waals surface area contributed by atoms with Crippen LogP contribution >= 0.6 is 15.9 Å². The first kappa shape index (κ1) is 15.5. The molecule has 0 fully saturated rings. The summed E-state index contributed by atoms with van der Waals surface area (Å²) in [6.45, 7) is 1.07. The number of amides is 1. The second-order valence-corrected chi connectivity index (χ2v) is 6.96. The van der Waals surface area contributed by atoms with E-state index in [0.717, 1.165) is 29.3 Å². The third-order valence-corrected chi connectivity index (χ3v) is 5.23. The van der Waals surface area contributed by atoms with Gasteiger partial charge in [0.25, 0.3) is 0 Å². The smallest absolute Gasteiger partial charge is 0.231 e. The molecule has 4 nitrogen and oxygen atoms in total. The summed E-state index contributed by atoms with van der Waals surface area (Å²) in [5.74, 6) is 1.30. The Morgan fingerprint density at radius 2 is 1.88 bits per heavy atom. The Balaban J connectivity index is 1.59. The van der Waals surface area contributed by atoms with Gasteiger partial charge in [-0.05, 0) is 46.3 Å². The Kier molecular flexibility index (Phi) is 4.19. The molecule has 1 aliphatic heterocycles. The molecule has 5 heteroatoms. The summed E-state index contributed by atoms with van der Waals surface area (Å²) in [5, 5.41) is 3.05. The molecule has 1 amide bonds. The third kappa shape index (κ3) is 2.88. The van der Waals surface area contributed by atoms with Crippen molar-refractivity contribution in [2.24, 2.45) is 0 Å². The average Bonchev–Trinajstić information content (AvgIpc) is 2.62. The summed E-state index contributed by atoms with van der Waals surface area (Å²) < 4.78 is 12.0. The molecule has 1 atom stereocenters. The highest BCUT2D eigenvalue weighted by Crippen LogP contribution is 2.39. The molecular formula is C19H18BrNO3. The number of fused-ring (bicyclic) bond motifs is 2. The van der Waals surface area contributed by atoms with E-state index in [1.807, 2.05) is 24.3 Å². The highest BCUT2D eigenvalue weighted by Gasteiger charge is 2.27. The van der Waals surface area contributed by atoms with Gasteiger partial charge in [0.05, 0.1) is 11.6 Å². The zero-order valence-electron chi connectivity index (χ0n) is 13.2. The van der Waals surface area contributed by atoms with Crippen molar-refractivity contribution in [3.05, 3.63) is 52.0 Å². The van der Waals surface area contributed by atoms with Gasteiger partial charge in [-0.3, -0.25) is 4.79 Å². The quantitative estimate of drug-likeness (QED) is 0.836. The molecule has 2 aromatic carbocycles. The van der Waals surface area contributed by atoms with E-state index in [4.69, 9.17) is 9.47 Å². The number of hydrogen-bond donors (Lipinski definition) is 1. The lowest BCUT2D eigenvalue weighted by Crippen LogP contribution is -2.25.